The number of carbonyl (C=O) groups is 2. The average molecular weight is 410 g/mol. The maximum atomic E-state index is 13.9. The van der Waals surface area contributed by atoms with Crippen LogP contribution >= 0.6 is 0 Å². The van der Waals surface area contributed by atoms with Gasteiger partial charge in [0.1, 0.15) is 11.9 Å². The molecule has 0 bridgehead atoms. The molecule has 2 aromatic carbocycles. The topological polar surface area (TPSA) is 75.4 Å². The van der Waals surface area contributed by atoms with E-state index >= 15 is 0 Å². The van der Waals surface area contributed by atoms with Crippen molar-refractivity contribution >= 4 is 11.8 Å². The highest BCUT2D eigenvalue weighted by Crippen LogP contribution is 2.28. The van der Waals surface area contributed by atoms with Crippen molar-refractivity contribution in [3.05, 3.63) is 71.0 Å². The molecule has 1 aliphatic carbocycles. The molecule has 3 N–H and O–H groups in total. The second-order valence-electron chi connectivity index (χ2n) is 8.46. The van der Waals surface area contributed by atoms with Crippen molar-refractivity contribution in [3.8, 4) is 0 Å². The van der Waals surface area contributed by atoms with Gasteiger partial charge in [-0.2, -0.15) is 0 Å². The molecular weight excluding hydrogens is 381 g/mol. The molecule has 4 rings (SSSR count). The molecule has 0 spiro atoms. The van der Waals surface area contributed by atoms with E-state index in [4.69, 9.17) is 5.73 Å². The highest BCUT2D eigenvalue weighted by atomic mass is 19.1. The molecule has 1 heterocycles. The highest BCUT2D eigenvalue weighted by molar-refractivity contribution is 5.88. The number of amides is 2. The molecule has 30 heavy (non-hydrogen) atoms. The number of nitrogens with zero attached hydrogens (tertiary/aromatic N) is 1. The van der Waals surface area contributed by atoms with Gasteiger partial charge in [0.2, 0.25) is 11.8 Å². The van der Waals surface area contributed by atoms with E-state index in [0.717, 1.165) is 24.0 Å². The van der Waals surface area contributed by atoms with Crippen LogP contribution < -0.4 is 11.1 Å². The van der Waals surface area contributed by atoms with Crippen LogP contribution in [-0.2, 0) is 29.0 Å². The number of nitrogens with two attached hydrogens (primary N) is 1. The third kappa shape index (κ3) is 4.87. The van der Waals surface area contributed by atoms with Gasteiger partial charge in [-0.05, 0) is 47.9 Å². The molecule has 0 saturated heterocycles. The third-order valence-electron chi connectivity index (χ3n) is 6.01. The Morgan fingerprint density at radius 1 is 1.10 bits per heavy atom. The van der Waals surface area contributed by atoms with Gasteiger partial charge in [-0.1, -0.05) is 42.5 Å². The highest BCUT2D eigenvalue weighted by Gasteiger charge is 2.35. The van der Waals surface area contributed by atoms with Crippen molar-refractivity contribution in [2.24, 2.45) is 11.7 Å². The lowest BCUT2D eigenvalue weighted by molar-refractivity contribution is -0.142. The third-order valence-corrected chi connectivity index (χ3v) is 6.01. The van der Waals surface area contributed by atoms with Gasteiger partial charge in [0, 0.05) is 32.0 Å². The number of rotatable bonds is 7. The molecule has 0 radical (unpaired) electrons. The molecule has 1 saturated carbocycles. The fraction of sp³-hybridized carbons (Fsp3) is 0.417. The quantitative estimate of drug-likeness (QED) is 0.738. The lowest BCUT2D eigenvalue weighted by Gasteiger charge is -2.36. The van der Waals surface area contributed by atoms with Crippen molar-refractivity contribution in [3.63, 3.8) is 0 Å². The van der Waals surface area contributed by atoms with Crippen molar-refractivity contribution in [1.82, 2.24) is 10.2 Å². The summed E-state index contributed by atoms with van der Waals surface area (Å²) in [5.74, 6) is -0.0138. The van der Waals surface area contributed by atoms with Crippen molar-refractivity contribution in [1.29, 1.82) is 0 Å². The van der Waals surface area contributed by atoms with Crippen LogP contribution in [0.25, 0.3) is 0 Å². The molecule has 5 nitrogen and oxygen atoms in total. The lowest BCUT2D eigenvalue weighted by atomic mass is 9.92. The van der Waals surface area contributed by atoms with Crippen molar-refractivity contribution < 1.29 is 14.0 Å². The van der Waals surface area contributed by atoms with E-state index in [1.54, 1.807) is 23.1 Å². The summed E-state index contributed by atoms with van der Waals surface area (Å²) in [6, 6.07) is 13.3. The van der Waals surface area contributed by atoms with Crippen LogP contribution in [0.1, 0.15) is 36.0 Å². The Balaban J connectivity index is 1.46. The Kier molecular flexibility index (Phi) is 6.13. The SMILES string of the molecule is N[C@@H](CC(=O)N1Cc2ccccc2C[C@H]1C(=O)NCC1CC1)Cc1ccccc1F. The Morgan fingerprint density at radius 3 is 2.53 bits per heavy atom. The van der Waals surface area contributed by atoms with Gasteiger partial charge in [-0.25, -0.2) is 4.39 Å². The summed E-state index contributed by atoms with van der Waals surface area (Å²) < 4.78 is 13.9. The molecule has 2 amide bonds. The van der Waals surface area contributed by atoms with Gasteiger partial charge < -0.3 is 16.0 Å². The van der Waals surface area contributed by atoms with Crippen LogP contribution in [0.4, 0.5) is 4.39 Å². The second kappa shape index (κ2) is 8.96. The molecule has 0 unspecified atom stereocenters. The predicted molar refractivity (Wildman–Crippen MR) is 113 cm³/mol. The summed E-state index contributed by atoms with van der Waals surface area (Å²) >= 11 is 0. The van der Waals surface area contributed by atoms with E-state index < -0.39 is 12.1 Å². The number of halogens is 1. The fourth-order valence-corrected chi connectivity index (χ4v) is 4.06. The zero-order chi connectivity index (χ0) is 21.1. The van der Waals surface area contributed by atoms with E-state index in [0.29, 0.717) is 31.0 Å². The summed E-state index contributed by atoms with van der Waals surface area (Å²) in [4.78, 5) is 27.7. The number of hydrogen-bond donors (Lipinski definition) is 2. The molecule has 2 aliphatic rings. The van der Waals surface area contributed by atoms with Crippen molar-refractivity contribution in [2.45, 2.75) is 50.7 Å². The molecular formula is C24H28FN3O2. The first-order valence-electron chi connectivity index (χ1n) is 10.6. The summed E-state index contributed by atoms with van der Waals surface area (Å²) in [6.07, 6.45) is 3.16. The van der Waals surface area contributed by atoms with Gasteiger partial charge >= 0.3 is 0 Å². The molecule has 2 atom stereocenters. The van der Waals surface area contributed by atoms with Crippen LogP contribution in [0, 0.1) is 11.7 Å². The van der Waals surface area contributed by atoms with Crippen molar-refractivity contribution in [2.75, 3.05) is 6.54 Å². The summed E-state index contributed by atoms with van der Waals surface area (Å²) in [6.45, 7) is 1.06. The predicted octanol–water partition coefficient (Wildman–Crippen LogP) is 2.57. The second-order valence-corrected chi connectivity index (χ2v) is 8.46. The zero-order valence-electron chi connectivity index (χ0n) is 17.0. The van der Waals surface area contributed by atoms with E-state index in [1.165, 1.54) is 6.07 Å². The average Bonchev–Trinajstić information content (AvgIpc) is 3.57. The first kappa shape index (κ1) is 20.5. The maximum absolute atomic E-state index is 13.9. The number of benzene rings is 2. The Hall–Kier alpha value is -2.73. The summed E-state index contributed by atoms with van der Waals surface area (Å²) in [5.41, 5.74) is 8.85. The standard InChI is InChI=1S/C24H28FN3O2/c25-21-8-4-3-6-18(21)11-20(26)13-23(29)28-15-19-7-2-1-5-17(19)12-22(28)24(30)27-14-16-9-10-16/h1-8,16,20,22H,9-15,26H2,(H,27,30)/t20-,22+/m1/s1. The van der Waals surface area contributed by atoms with Crippen LogP contribution in [0.3, 0.4) is 0 Å². The van der Waals surface area contributed by atoms with E-state index in [9.17, 15) is 14.0 Å². The van der Waals surface area contributed by atoms with E-state index in [1.807, 2.05) is 24.3 Å². The number of hydrogen-bond acceptors (Lipinski definition) is 3. The van der Waals surface area contributed by atoms with Crippen LogP contribution in [-0.4, -0.2) is 35.3 Å². The zero-order valence-corrected chi connectivity index (χ0v) is 17.0. The minimum atomic E-state index is -0.535. The lowest BCUT2D eigenvalue weighted by Crippen LogP contribution is -2.53. The van der Waals surface area contributed by atoms with E-state index in [-0.39, 0.29) is 30.5 Å². The molecule has 6 heteroatoms. The molecule has 0 aromatic heterocycles. The number of fused-ring (bicyclic) bond motifs is 1. The minimum Gasteiger partial charge on any atom is -0.354 e. The normalized spacial score (nSPS) is 19.1. The van der Waals surface area contributed by atoms with Gasteiger partial charge in [0.05, 0.1) is 0 Å². The minimum absolute atomic E-state index is 0.0723. The molecule has 2 aromatic rings. The van der Waals surface area contributed by atoms with Crippen LogP contribution in [0.2, 0.25) is 0 Å². The first-order valence-corrected chi connectivity index (χ1v) is 10.6. The molecule has 1 aliphatic heterocycles. The molecule has 1 fully saturated rings. The number of nitrogens with one attached hydrogen (secondary N) is 1. The Labute approximate surface area is 176 Å². The largest absolute Gasteiger partial charge is 0.354 e. The smallest absolute Gasteiger partial charge is 0.243 e. The van der Waals surface area contributed by atoms with Gasteiger partial charge in [0.15, 0.2) is 0 Å². The monoisotopic (exact) mass is 409 g/mol. The summed E-state index contributed by atoms with van der Waals surface area (Å²) in [5, 5.41) is 3.02. The van der Waals surface area contributed by atoms with E-state index in [2.05, 4.69) is 5.32 Å². The Bertz CT molecular complexity index is 928. The Morgan fingerprint density at radius 2 is 1.80 bits per heavy atom. The van der Waals surface area contributed by atoms with Crippen LogP contribution in [0.5, 0.6) is 0 Å². The van der Waals surface area contributed by atoms with Gasteiger partial charge in [0.25, 0.3) is 0 Å². The van der Waals surface area contributed by atoms with Gasteiger partial charge in [-0.3, -0.25) is 9.59 Å². The molecule has 158 valence electrons. The van der Waals surface area contributed by atoms with Gasteiger partial charge in [-0.15, -0.1) is 0 Å². The maximum Gasteiger partial charge on any atom is 0.243 e. The fourth-order valence-electron chi connectivity index (χ4n) is 4.06. The summed E-state index contributed by atoms with van der Waals surface area (Å²) in [7, 11) is 0. The number of carbonyl (C=O) groups excluding carboxylic acids is 2. The van der Waals surface area contributed by atoms with Crippen LogP contribution in [0.15, 0.2) is 48.5 Å². The first-order chi connectivity index (χ1) is 14.5.